The average Bonchev–Trinajstić information content (AvgIpc) is 3.28. The maximum atomic E-state index is 12.6. The Balaban J connectivity index is 1.26. The Morgan fingerprint density at radius 2 is 1.69 bits per heavy atom. The van der Waals surface area contributed by atoms with Crippen molar-refractivity contribution in [2.24, 2.45) is 4.99 Å². The Morgan fingerprint density at radius 1 is 1.00 bits per heavy atom. The van der Waals surface area contributed by atoms with Gasteiger partial charge in [-0.25, -0.2) is 0 Å². The predicted octanol–water partition coefficient (Wildman–Crippen LogP) is 2.41. The monoisotopic (exact) mass is 390 g/mol. The van der Waals surface area contributed by atoms with Gasteiger partial charge in [0.25, 0.3) is 11.8 Å². The van der Waals surface area contributed by atoms with Gasteiger partial charge in [-0.3, -0.25) is 24.3 Å². The molecule has 0 spiro atoms. The fraction of sp³-hybridized carbons (Fsp3) is 0.273. The second-order valence-electron chi connectivity index (χ2n) is 7.21. The zero-order chi connectivity index (χ0) is 20.0. The van der Waals surface area contributed by atoms with E-state index in [2.05, 4.69) is 4.99 Å². The summed E-state index contributed by atoms with van der Waals surface area (Å²) in [6.07, 6.45) is 1.05. The highest BCUT2D eigenvalue weighted by molar-refractivity contribution is 6.21. The third kappa shape index (κ3) is 2.99. The van der Waals surface area contributed by atoms with Gasteiger partial charge < -0.3 is 9.47 Å². The van der Waals surface area contributed by atoms with Crippen LogP contribution in [0.5, 0.6) is 11.5 Å². The van der Waals surface area contributed by atoms with Gasteiger partial charge in [0.15, 0.2) is 11.5 Å². The number of hydrogen-bond acceptors (Lipinski definition) is 6. The van der Waals surface area contributed by atoms with Crippen LogP contribution in [0.15, 0.2) is 41.4 Å². The number of ketones is 1. The Labute approximate surface area is 166 Å². The summed E-state index contributed by atoms with van der Waals surface area (Å²) < 4.78 is 10.9. The number of benzene rings is 2. The van der Waals surface area contributed by atoms with Crippen molar-refractivity contribution in [2.45, 2.75) is 19.3 Å². The van der Waals surface area contributed by atoms with E-state index in [1.54, 1.807) is 24.3 Å². The van der Waals surface area contributed by atoms with Crippen molar-refractivity contribution < 1.29 is 23.9 Å². The standard InChI is InChI=1S/C22H18N2O5/c25-14(6-8-24-21(26)15-3-1-2-4-16(15)22(24)27)10-18-17-11-20-19(28-12-29-20)9-13(17)5-7-23-18/h1-4,9,11H,5-8,10,12H2. The minimum atomic E-state index is -0.341. The molecule has 0 N–H and O–H groups in total. The normalized spacial score (nSPS) is 16.6. The molecule has 3 aliphatic rings. The molecule has 146 valence electrons. The molecule has 2 aromatic carbocycles. The van der Waals surface area contributed by atoms with Crippen LogP contribution in [0.2, 0.25) is 0 Å². The largest absolute Gasteiger partial charge is 0.454 e. The van der Waals surface area contributed by atoms with E-state index in [1.807, 2.05) is 12.1 Å². The van der Waals surface area contributed by atoms with Gasteiger partial charge in [-0.15, -0.1) is 0 Å². The molecule has 7 nitrogen and oxygen atoms in total. The lowest BCUT2D eigenvalue weighted by Crippen LogP contribution is -2.32. The molecular weight excluding hydrogens is 372 g/mol. The molecular formula is C22H18N2O5. The van der Waals surface area contributed by atoms with Gasteiger partial charge >= 0.3 is 0 Å². The highest BCUT2D eigenvalue weighted by atomic mass is 16.7. The van der Waals surface area contributed by atoms with Gasteiger partial charge in [0.2, 0.25) is 6.79 Å². The summed E-state index contributed by atoms with van der Waals surface area (Å²) in [5.41, 5.74) is 3.51. The molecule has 0 aliphatic carbocycles. The van der Waals surface area contributed by atoms with Crippen molar-refractivity contribution in [1.29, 1.82) is 0 Å². The lowest BCUT2D eigenvalue weighted by molar-refractivity contribution is -0.118. The third-order valence-corrected chi connectivity index (χ3v) is 5.45. The molecule has 29 heavy (non-hydrogen) atoms. The lowest BCUT2D eigenvalue weighted by atomic mass is 9.93. The van der Waals surface area contributed by atoms with Crippen LogP contribution in [0, 0.1) is 0 Å². The molecule has 0 saturated heterocycles. The highest BCUT2D eigenvalue weighted by Crippen LogP contribution is 2.36. The molecule has 0 atom stereocenters. The number of carbonyl (C=O) groups excluding carboxylic acids is 3. The van der Waals surface area contributed by atoms with Gasteiger partial charge in [0.1, 0.15) is 5.78 Å². The van der Waals surface area contributed by atoms with Crippen LogP contribution in [0.3, 0.4) is 0 Å². The van der Waals surface area contributed by atoms with Crippen LogP contribution < -0.4 is 9.47 Å². The number of amides is 2. The van der Waals surface area contributed by atoms with Crippen molar-refractivity contribution >= 4 is 23.3 Å². The average molecular weight is 390 g/mol. The minimum Gasteiger partial charge on any atom is -0.454 e. The second-order valence-corrected chi connectivity index (χ2v) is 7.21. The topological polar surface area (TPSA) is 85.3 Å². The molecule has 0 radical (unpaired) electrons. The van der Waals surface area contributed by atoms with E-state index in [-0.39, 0.29) is 43.8 Å². The van der Waals surface area contributed by atoms with Crippen molar-refractivity contribution in [2.75, 3.05) is 19.9 Å². The smallest absolute Gasteiger partial charge is 0.261 e. The summed E-state index contributed by atoms with van der Waals surface area (Å²) >= 11 is 0. The van der Waals surface area contributed by atoms with E-state index >= 15 is 0 Å². The fourth-order valence-corrected chi connectivity index (χ4v) is 3.96. The Bertz CT molecular complexity index is 1050. The molecule has 0 aromatic heterocycles. The first-order valence-corrected chi connectivity index (χ1v) is 9.55. The highest BCUT2D eigenvalue weighted by Gasteiger charge is 2.35. The van der Waals surface area contributed by atoms with Crippen molar-refractivity contribution in [3.8, 4) is 11.5 Å². The van der Waals surface area contributed by atoms with Crippen LogP contribution >= 0.6 is 0 Å². The van der Waals surface area contributed by atoms with Gasteiger partial charge in [-0.2, -0.15) is 0 Å². The summed E-state index contributed by atoms with van der Waals surface area (Å²) in [7, 11) is 0. The van der Waals surface area contributed by atoms with E-state index < -0.39 is 0 Å². The van der Waals surface area contributed by atoms with Crippen molar-refractivity contribution in [1.82, 2.24) is 4.90 Å². The van der Waals surface area contributed by atoms with E-state index in [4.69, 9.17) is 9.47 Å². The van der Waals surface area contributed by atoms with Crippen LogP contribution in [0.1, 0.15) is 44.7 Å². The number of Topliss-reactive ketones (excluding diaryl/α,β-unsaturated/α-hetero) is 1. The molecule has 2 aromatic rings. The van der Waals surface area contributed by atoms with E-state index in [0.717, 1.165) is 33.9 Å². The number of rotatable bonds is 5. The maximum Gasteiger partial charge on any atom is 0.261 e. The predicted molar refractivity (Wildman–Crippen MR) is 104 cm³/mol. The Hall–Kier alpha value is -3.48. The van der Waals surface area contributed by atoms with E-state index in [0.29, 0.717) is 23.4 Å². The molecule has 3 aliphatic heterocycles. The number of imide groups is 1. The quantitative estimate of drug-likeness (QED) is 0.732. The molecule has 0 unspecified atom stereocenters. The first-order valence-electron chi connectivity index (χ1n) is 9.55. The Morgan fingerprint density at radius 3 is 2.41 bits per heavy atom. The molecule has 5 rings (SSSR count). The summed E-state index contributed by atoms with van der Waals surface area (Å²) in [6, 6.07) is 10.6. The van der Waals surface area contributed by atoms with Crippen LogP contribution in [-0.2, 0) is 11.2 Å². The molecule has 0 bridgehead atoms. The maximum absolute atomic E-state index is 12.6. The molecule has 7 heteroatoms. The number of carbonyl (C=O) groups is 3. The number of aliphatic imine (C=N–C) groups is 1. The SMILES string of the molecule is O=C(CCN1C(=O)c2ccccc2C1=O)CC1=NCCc2cc3c(cc21)OCO3. The summed E-state index contributed by atoms with van der Waals surface area (Å²) in [5, 5.41) is 0. The summed E-state index contributed by atoms with van der Waals surface area (Å²) in [6.45, 7) is 0.893. The van der Waals surface area contributed by atoms with Gasteiger partial charge in [0.05, 0.1) is 11.1 Å². The third-order valence-electron chi connectivity index (χ3n) is 5.45. The molecule has 0 saturated carbocycles. The van der Waals surface area contributed by atoms with Gasteiger partial charge in [-0.05, 0) is 36.2 Å². The zero-order valence-electron chi connectivity index (χ0n) is 15.6. The lowest BCUT2D eigenvalue weighted by Gasteiger charge is -2.18. The first kappa shape index (κ1) is 17.6. The Kier molecular flexibility index (Phi) is 4.16. The van der Waals surface area contributed by atoms with Crippen molar-refractivity contribution in [3.63, 3.8) is 0 Å². The summed E-state index contributed by atoms with van der Waals surface area (Å²) in [5.74, 6) is 0.641. The number of nitrogens with zero attached hydrogens (tertiary/aromatic N) is 2. The van der Waals surface area contributed by atoms with Gasteiger partial charge in [0, 0.05) is 37.2 Å². The number of fused-ring (bicyclic) bond motifs is 3. The van der Waals surface area contributed by atoms with E-state index in [1.165, 1.54) is 0 Å². The molecule has 0 fully saturated rings. The number of hydrogen-bond donors (Lipinski definition) is 0. The first-order chi connectivity index (χ1) is 14.1. The van der Waals surface area contributed by atoms with Crippen LogP contribution in [0.25, 0.3) is 0 Å². The molecule has 2 amide bonds. The van der Waals surface area contributed by atoms with Crippen LogP contribution in [-0.4, -0.2) is 48.1 Å². The van der Waals surface area contributed by atoms with Gasteiger partial charge in [-0.1, -0.05) is 12.1 Å². The summed E-state index contributed by atoms with van der Waals surface area (Å²) in [4.78, 5) is 43.1. The number of ether oxygens (including phenoxy) is 2. The van der Waals surface area contributed by atoms with E-state index in [9.17, 15) is 14.4 Å². The van der Waals surface area contributed by atoms with Crippen molar-refractivity contribution in [3.05, 3.63) is 58.7 Å². The second kappa shape index (κ2) is 6.84. The fourth-order valence-electron chi connectivity index (χ4n) is 3.96. The molecule has 3 heterocycles. The minimum absolute atomic E-state index is 0.0641. The van der Waals surface area contributed by atoms with Crippen LogP contribution in [0.4, 0.5) is 0 Å². The zero-order valence-corrected chi connectivity index (χ0v) is 15.6.